The van der Waals surface area contributed by atoms with Crippen molar-refractivity contribution >= 4 is 23.0 Å². The molecule has 0 saturated carbocycles. The van der Waals surface area contributed by atoms with Gasteiger partial charge in [-0.15, -0.1) is 11.3 Å². The molecule has 0 amide bonds. The summed E-state index contributed by atoms with van der Waals surface area (Å²) >= 11 is 1.81. The minimum atomic E-state index is 0.426. The average Bonchev–Trinajstić information content (AvgIpc) is 3.28. The summed E-state index contributed by atoms with van der Waals surface area (Å²) in [7, 11) is 1.84. The zero-order valence-electron chi connectivity index (χ0n) is 16.0. The lowest BCUT2D eigenvalue weighted by Crippen LogP contribution is -2.45. The smallest absolute Gasteiger partial charge is 0.191 e. The van der Waals surface area contributed by atoms with E-state index in [1.807, 2.05) is 18.4 Å². The Labute approximate surface area is 160 Å². The normalized spacial score (nSPS) is 17.6. The lowest BCUT2D eigenvalue weighted by atomic mass is 10.2. The molecule has 1 aromatic heterocycles. The Hall–Kier alpha value is -2.08. The molecule has 1 aliphatic rings. The van der Waals surface area contributed by atoms with E-state index >= 15 is 0 Å². The Morgan fingerprint density at radius 3 is 2.85 bits per heavy atom. The first-order chi connectivity index (χ1) is 12.7. The number of thiazole rings is 1. The second-order valence-electron chi connectivity index (χ2n) is 6.62. The van der Waals surface area contributed by atoms with Gasteiger partial charge in [-0.05, 0) is 31.9 Å². The highest BCUT2D eigenvalue weighted by Crippen LogP contribution is 2.20. The number of benzene rings is 1. The van der Waals surface area contributed by atoms with Gasteiger partial charge in [-0.2, -0.15) is 0 Å². The third-order valence-corrected chi connectivity index (χ3v) is 5.85. The molecule has 1 saturated heterocycles. The zero-order chi connectivity index (χ0) is 18.4. The summed E-state index contributed by atoms with van der Waals surface area (Å²) in [6.07, 6.45) is 3.08. The number of guanidine groups is 1. The first-order valence-electron chi connectivity index (χ1n) is 9.42. The largest absolute Gasteiger partial charge is 0.369 e. The molecule has 140 valence electrons. The van der Waals surface area contributed by atoms with Crippen molar-refractivity contribution in [3.8, 4) is 0 Å². The fraction of sp³-hybridized carbons (Fsp3) is 0.500. The van der Waals surface area contributed by atoms with Gasteiger partial charge in [0, 0.05) is 49.7 Å². The number of aryl methyl sites for hydroxylation is 2. The van der Waals surface area contributed by atoms with Crippen LogP contribution in [0.1, 0.15) is 28.9 Å². The van der Waals surface area contributed by atoms with Gasteiger partial charge < -0.3 is 15.5 Å². The summed E-state index contributed by atoms with van der Waals surface area (Å²) < 4.78 is 0. The maximum absolute atomic E-state index is 4.71. The Kier molecular flexibility index (Phi) is 6.50. The number of nitrogens with one attached hydrogen (secondary N) is 2. The number of anilines is 1. The van der Waals surface area contributed by atoms with Crippen molar-refractivity contribution < 1.29 is 0 Å². The van der Waals surface area contributed by atoms with Crippen LogP contribution in [-0.2, 0) is 12.8 Å². The maximum Gasteiger partial charge on any atom is 0.191 e. The van der Waals surface area contributed by atoms with Gasteiger partial charge in [0.2, 0.25) is 0 Å². The molecule has 0 aliphatic carbocycles. The van der Waals surface area contributed by atoms with E-state index in [-0.39, 0.29) is 0 Å². The van der Waals surface area contributed by atoms with Gasteiger partial charge in [-0.25, -0.2) is 4.98 Å². The van der Waals surface area contributed by atoms with E-state index in [0.717, 1.165) is 44.9 Å². The molecular weight excluding hydrogens is 342 g/mol. The van der Waals surface area contributed by atoms with Crippen LogP contribution < -0.4 is 15.5 Å². The molecule has 0 radical (unpaired) electrons. The standard InChI is InChI=1S/C20H29N5S/c1-4-18-15(2)26-19(24-18)10-12-22-20(21-3)23-16-11-13-25(14-16)17-8-6-5-7-9-17/h5-9,16H,4,10-14H2,1-3H3,(H2,21,22,23). The minimum Gasteiger partial charge on any atom is -0.369 e. The van der Waals surface area contributed by atoms with Crippen LogP contribution in [0.4, 0.5) is 5.69 Å². The van der Waals surface area contributed by atoms with Gasteiger partial charge in [-0.1, -0.05) is 25.1 Å². The predicted octanol–water partition coefficient (Wildman–Crippen LogP) is 3.00. The molecule has 2 N–H and O–H groups in total. The van der Waals surface area contributed by atoms with E-state index in [0.29, 0.717) is 6.04 Å². The summed E-state index contributed by atoms with van der Waals surface area (Å²) in [6, 6.07) is 11.0. The number of rotatable bonds is 6. The third kappa shape index (κ3) is 4.75. The van der Waals surface area contributed by atoms with Crippen molar-refractivity contribution in [1.82, 2.24) is 15.6 Å². The van der Waals surface area contributed by atoms with Crippen molar-refractivity contribution in [3.63, 3.8) is 0 Å². The lowest BCUT2D eigenvalue weighted by molar-refractivity contribution is 0.648. The van der Waals surface area contributed by atoms with Crippen molar-refractivity contribution in [1.29, 1.82) is 0 Å². The summed E-state index contributed by atoms with van der Waals surface area (Å²) in [5.74, 6) is 0.883. The van der Waals surface area contributed by atoms with E-state index in [1.54, 1.807) is 0 Å². The highest BCUT2D eigenvalue weighted by atomic mass is 32.1. The fourth-order valence-electron chi connectivity index (χ4n) is 3.35. The number of para-hydroxylation sites is 1. The molecule has 1 atom stereocenters. The number of hydrogen-bond donors (Lipinski definition) is 2. The molecule has 2 heterocycles. The SMILES string of the molecule is CCc1nc(CCNC(=NC)NC2CCN(c3ccccc3)C2)sc1C. The number of nitrogens with zero attached hydrogens (tertiary/aromatic N) is 3. The zero-order valence-corrected chi connectivity index (χ0v) is 16.8. The summed E-state index contributed by atoms with van der Waals surface area (Å²) in [5.41, 5.74) is 2.53. The molecule has 0 spiro atoms. The molecule has 0 bridgehead atoms. The Balaban J connectivity index is 1.45. The van der Waals surface area contributed by atoms with Crippen molar-refractivity contribution in [2.75, 3.05) is 31.6 Å². The van der Waals surface area contributed by atoms with Gasteiger partial charge in [-0.3, -0.25) is 4.99 Å². The van der Waals surface area contributed by atoms with Crippen molar-refractivity contribution in [2.24, 2.45) is 4.99 Å². The lowest BCUT2D eigenvalue weighted by Gasteiger charge is -2.20. The van der Waals surface area contributed by atoms with Crippen LogP contribution in [-0.4, -0.2) is 43.7 Å². The highest BCUT2D eigenvalue weighted by Gasteiger charge is 2.23. The van der Waals surface area contributed by atoms with Gasteiger partial charge in [0.15, 0.2) is 5.96 Å². The molecule has 1 unspecified atom stereocenters. The number of hydrogen-bond acceptors (Lipinski definition) is 4. The van der Waals surface area contributed by atoms with Crippen molar-refractivity contribution in [2.45, 2.75) is 39.2 Å². The quantitative estimate of drug-likeness (QED) is 0.605. The van der Waals surface area contributed by atoms with Crippen LogP contribution >= 0.6 is 11.3 Å². The van der Waals surface area contributed by atoms with E-state index in [2.05, 4.69) is 64.7 Å². The molecule has 1 aromatic carbocycles. The molecular formula is C20H29N5S. The second-order valence-corrected chi connectivity index (χ2v) is 7.91. The Morgan fingerprint density at radius 2 is 2.15 bits per heavy atom. The van der Waals surface area contributed by atoms with Crippen LogP contribution in [0, 0.1) is 6.92 Å². The van der Waals surface area contributed by atoms with E-state index in [9.17, 15) is 0 Å². The van der Waals surface area contributed by atoms with Gasteiger partial charge in [0.1, 0.15) is 0 Å². The first kappa shape index (κ1) is 18.7. The van der Waals surface area contributed by atoms with Crippen molar-refractivity contribution in [3.05, 3.63) is 45.9 Å². The molecule has 2 aromatic rings. The molecule has 26 heavy (non-hydrogen) atoms. The first-order valence-corrected chi connectivity index (χ1v) is 10.2. The van der Waals surface area contributed by atoms with Gasteiger partial charge >= 0.3 is 0 Å². The van der Waals surface area contributed by atoms with Crippen LogP contribution in [0.5, 0.6) is 0 Å². The van der Waals surface area contributed by atoms with E-state index < -0.39 is 0 Å². The Morgan fingerprint density at radius 1 is 1.35 bits per heavy atom. The summed E-state index contributed by atoms with van der Waals surface area (Å²) in [5, 5.41) is 8.20. The average molecular weight is 372 g/mol. The monoisotopic (exact) mass is 371 g/mol. The number of aliphatic imine (C=N–C) groups is 1. The van der Waals surface area contributed by atoms with Crippen LogP contribution in [0.25, 0.3) is 0 Å². The summed E-state index contributed by atoms with van der Waals surface area (Å²) in [4.78, 5) is 12.9. The third-order valence-electron chi connectivity index (χ3n) is 4.78. The molecule has 3 rings (SSSR count). The van der Waals surface area contributed by atoms with E-state index in [4.69, 9.17) is 4.98 Å². The van der Waals surface area contributed by atoms with Gasteiger partial charge in [0.05, 0.1) is 10.7 Å². The maximum atomic E-state index is 4.71. The van der Waals surface area contributed by atoms with E-state index in [1.165, 1.54) is 21.3 Å². The molecule has 6 heteroatoms. The molecule has 1 fully saturated rings. The summed E-state index contributed by atoms with van der Waals surface area (Å²) in [6.45, 7) is 7.26. The fourth-order valence-corrected chi connectivity index (χ4v) is 4.37. The minimum absolute atomic E-state index is 0.426. The second kappa shape index (κ2) is 9.03. The number of aromatic nitrogens is 1. The Bertz CT molecular complexity index is 725. The molecule has 1 aliphatic heterocycles. The van der Waals surface area contributed by atoms with Crippen LogP contribution in [0.2, 0.25) is 0 Å². The van der Waals surface area contributed by atoms with Gasteiger partial charge in [0.25, 0.3) is 0 Å². The highest BCUT2D eigenvalue weighted by molar-refractivity contribution is 7.11. The molecule has 5 nitrogen and oxygen atoms in total. The van der Waals surface area contributed by atoms with Crippen LogP contribution in [0.15, 0.2) is 35.3 Å². The van der Waals surface area contributed by atoms with Crippen LogP contribution in [0.3, 0.4) is 0 Å². The topological polar surface area (TPSA) is 52.6 Å². The predicted molar refractivity (Wildman–Crippen MR) is 111 cm³/mol.